The zero-order valence-corrected chi connectivity index (χ0v) is 22.1. The Morgan fingerprint density at radius 2 is 1.65 bits per heavy atom. The quantitative estimate of drug-likeness (QED) is 0.211. The van der Waals surface area contributed by atoms with Crippen molar-refractivity contribution in [1.29, 1.82) is 0 Å². The molecular weight excluding hydrogens is 555 g/mol. The molecule has 4 rings (SSSR count). The number of thiophene rings is 1. The summed E-state index contributed by atoms with van der Waals surface area (Å²) in [5, 5.41) is 16.9. The maximum Gasteiger partial charge on any atom is 0.326 e. The van der Waals surface area contributed by atoms with E-state index in [1.807, 2.05) is 24.3 Å². The third-order valence-corrected chi connectivity index (χ3v) is 7.46. The second-order valence-corrected chi connectivity index (χ2v) is 10.4. The second-order valence-electron chi connectivity index (χ2n) is 8.03. The van der Waals surface area contributed by atoms with Gasteiger partial charge in [0.15, 0.2) is 0 Å². The zero-order valence-electron chi connectivity index (χ0n) is 19.0. The van der Waals surface area contributed by atoms with E-state index in [2.05, 4.69) is 10.6 Å². The first-order chi connectivity index (χ1) is 17.7. The summed E-state index contributed by atoms with van der Waals surface area (Å²) < 4.78 is 0.918. The summed E-state index contributed by atoms with van der Waals surface area (Å²) in [5.41, 5.74) is 1.00. The largest absolute Gasteiger partial charge is 0.480 e. The fraction of sp³-hybridized carbons (Fsp3) is 0.0741. The molecule has 1 aromatic heterocycles. The first kappa shape index (κ1) is 26.7. The maximum atomic E-state index is 13.3. The number of benzene rings is 3. The molecule has 0 aliphatic rings. The van der Waals surface area contributed by atoms with E-state index in [0.29, 0.717) is 26.0 Å². The topological polar surface area (TPSA) is 95.5 Å². The molecule has 10 heteroatoms. The molecule has 1 atom stereocenters. The van der Waals surface area contributed by atoms with Crippen molar-refractivity contribution >= 4 is 80.1 Å². The Hall–Kier alpha value is -3.36. The molecule has 0 spiro atoms. The van der Waals surface area contributed by atoms with Crippen LogP contribution in [0.15, 0.2) is 78.5 Å². The summed E-state index contributed by atoms with van der Waals surface area (Å²) in [6, 6.07) is 19.3. The van der Waals surface area contributed by atoms with Crippen molar-refractivity contribution < 1.29 is 19.5 Å². The summed E-state index contributed by atoms with van der Waals surface area (Å²) in [7, 11) is 0. The highest BCUT2D eigenvalue weighted by atomic mass is 35.5. The Kier molecular flexibility index (Phi) is 8.51. The molecule has 0 aliphatic carbocycles. The molecule has 0 unspecified atom stereocenters. The highest BCUT2D eigenvalue weighted by Gasteiger charge is 2.24. The number of nitrogens with one attached hydrogen (secondary N) is 2. The number of rotatable bonds is 8. The average molecular weight is 574 g/mol. The lowest BCUT2D eigenvalue weighted by Gasteiger charge is -2.17. The summed E-state index contributed by atoms with van der Waals surface area (Å²) in [4.78, 5) is 38.7. The minimum absolute atomic E-state index is 0.0164. The van der Waals surface area contributed by atoms with E-state index in [1.165, 1.54) is 23.5 Å². The Morgan fingerprint density at radius 1 is 0.919 bits per heavy atom. The van der Waals surface area contributed by atoms with Crippen LogP contribution in [0.25, 0.3) is 16.2 Å². The van der Waals surface area contributed by atoms with Gasteiger partial charge < -0.3 is 15.7 Å². The van der Waals surface area contributed by atoms with Crippen LogP contribution in [0.4, 0.5) is 0 Å². The van der Waals surface area contributed by atoms with Gasteiger partial charge in [0, 0.05) is 16.1 Å². The van der Waals surface area contributed by atoms with E-state index < -0.39 is 23.8 Å². The molecule has 6 nitrogen and oxygen atoms in total. The lowest BCUT2D eigenvalue weighted by Crippen LogP contribution is -2.45. The van der Waals surface area contributed by atoms with Crippen LogP contribution in [0, 0.1) is 0 Å². The van der Waals surface area contributed by atoms with E-state index in [4.69, 9.17) is 34.8 Å². The molecule has 4 aromatic rings. The number of amides is 2. The molecule has 3 N–H and O–H groups in total. The van der Waals surface area contributed by atoms with Gasteiger partial charge in [-0.2, -0.15) is 0 Å². The number of hydrogen-bond acceptors (Lipinski definition) is 4. The molecule has 37 heavy (non-hydrogen) atoms. The molecule has 0 radical (unpaired) electrons. The molecule has 0 saturated heterocycles. The number of carboxylic acid groups (broad SMARTS) is 1. The van der Waals surface area contributed by atoms with Gasteiger partial charge in [0.2, 0.25) is 0 Å². The average Bonchev–Trinajstić information content (AvgIpc) is 3.31. The van der Waals surface area contributed by atoms with E-state index in [1.54, 1.807) is 42.5 Å². The molecule has 0 bridgehead atoms. The van der Waals surface area contributed by atoms with Crippen LogP contribution in [0.2, 0.25) is 15.1 Å². The van der Waals surface area contributed by atoms with Crippen LogP contribution in [0.1, 0.15) is 20.8 Å². The number of halogens is 3. The van der Waals surface area contributed by atoms with Crippen molar-refractivity contribution in [1.82, 2.24) is 10.6 Å². The molecule has 3 aromatic carbocycles. The second kappa shape index (κ2) is 11.8. The van der Waals surface area contributed by atoms with Crippen LogP contribution < -0.4 is 10.6 Å². The third kappa shape index (κ3) is 6.90. The highest BCUT2D eigenvalue weighted by Crippen LogP contribution is 2.26. The van der Waals surface area contributed by atoms with Gasteiger partial charge in [-0.1, -0.05) is 71.2 Å². The Labute approximate surface area is 231 Å². The number of aliphatic carboxylic acids is 1. The maximum absolute atomic E-state index is 13.3. The van der Waals surface area contributed by atoms with Gasteiger partial charge in [-0.05, 0) is 59.0 Å². The predicted molar refractivity (Wildman–Crippen MR) is 148 cm³/mol. The van der Waals surface area contributed by atoms with Crippen molar-refractivity contribution in [2.45, 2.75) is 12.5 Å². The van der Waals surface area contributed by atoms with Crippen LogP contribution in [-0.2, 0) is 16.0 Å². The predicted octanol–water partition coefficient (Wildman–Crippen LogP) is 6.44. The van der Waals surface area contributed by atoms with E-state index >= 15 is 0 Å². The molecule has 0 saturated carbocycles. The first-order valence-electron chi connectivity index (χ1n) is 10.9. The lowest BCUT2D eigenvalue weighted by atomic mass is 10.1. The van der Waals surface area contributed by atoms with E-state index in [-0.39, 0.29) is 17.1 Å². The van der Waals surface area contributed by atoms with Crippen molar-refractivity contribution in [2.24, 2.45) is 0 Å². The Balaban J connectivity index is 1.62. The van der Waals surface area contributed by atoms with Crippen molar-refractivity contribution in [3.05, 3.63) is 110 Å². The standard InChI is InChI=1S/C27H19Cl3N2O4S/c28-18-8-5-15(6-9-18)12-22(27(35)36)32-25(33)21(13-16-7-10-19(29)20(30)11-16)31-26(34)24-14-17-3-1-2-4-23(17)37-24/h1-11,13-14,22H,12H2,(H,31,34)(H,32,33)(H,35,36)/t22-/m0/s1. The van der Waals surface area contributed by atoms with Crippen LogP contribution in [-0.4, -0.2) is 28.9 Å². The summed E-state index contributed by atoms with van der Waals surface area (Å²) in [6.07, 6.45) is 1.42. The third-order valence-electron chi connectivity index (χ3n) is 5.35. The molecule has 188 valence electrons. The van der Waals surface area contributed by atoms with Crippen molar-refractivity contribution in [2.75, 3.05) is 0 Å². The van der Waals surface area contributed by atoms with Gasteiger partial charge in [0.25, 0.3) is 11.8 Å². The Bertz CT molecular complexity index is 1480. The monoisotopic (exact) mass is 572 g/mol. The normalized spacial score (nSPS) is 12.2. The summed E-state index contributed by atoms with van der Waals surface area (Å²) >= 11 is 19.3. The number of carboxylic acids is 1. The number of fused-ring (bicyclic) bond motifs is 1. The summed E-state index contributed by atoms with van der Waals surface area (Å²) in [6.45, 7) is 0. The van der Waals surface area contributed by atoms with Crippen molar-refractivity contribution in [3.63, 3.8) is 0 Å². The zero-order chi connectivity index (χ0) is 26.5. The van der Waals surface area contributed by atoms with Crippen LogP contribution in [0.5, 0.6) is 0 Å². The van der Waals surface area contributed by atoms with E-state index in [9.17, 15) is 19.5 Å². The van der Waals surface area contributed by atoms with Gasteiger partial charge in [0.1, 0.15) is 11.7 Å². The number of hydrogen-bond donors (Lipinski definition) is 3. The minimum atomic E-state index is -1.26. The lowest BCUT2D eigenvalue weighted by molar-refractivity contribution is -0.141. The molecular formula is C27H19Cl3N2O4S. The number of carbonyl (C=O) groups is 3. The van der Waals surface area contributed by atoms with Crippen LogP contribution >= 0.6 is 46.1 Å². The fourth-order valence-electron chi connectivity index (χ4n) is 3.50. The van der Waals surface area contributed by atoms with Crippen LogP contribution in [0.3, 0.4) is 0 Å². The van der Waals surface area contributed by atoms with Gasteiger partial charge in [-0.15, -0.1) is 11.3 Å². The fourth-order valence-corrected chi connectivity index (χ4v) is 4.89. The molecule has 1 heterocycles. The molecule has 0 fully saturated rings. The van der Waals surface area contributed by atoms with Gasteiger partial charge >= 0.3 is 5.97 Å². The SMILES string of the molecule is O=C(N[C@@H](Cc1ccc(Cl)cc1)C(=O)O)C(=Cc1ccc(Cl)c(Cl)c1)NC(=O)c1cc2ccccc2s1. The molecule has 2 amide bonds. The molecule has 0 aliphatic heterocycles. The van der Waals surface area contributed by atoms with Gasteiger partial charge in [-0.3, -0.25) is 9.59 Å². The minimum Gasteiger partial charge on any atom is -0.480 e. The summed E-state index contributed by atoms with van der Waals surface area (Å²) in [5.74, 6) is -2.51. The smallest absolute Gasteiger partial charge is 0.326 e. The van der Waals surface area contributed by atoms with Crippen molar-refractivity contribution in [3.8, 4) is 0 Å². The van der Waals surface area contributed by atoms with E-state index in [0.717, 1.165) is 10.1 Å². The number of carbonyl (C=O) groups excluding carboxylic acids is 2. The first-order valence-corrected chi connectivity index (χ1v) is 12.9. The Morgan fingerprint density at radius 3 is 2.32 bits per heavy atom. The van der Waals surface area contributed by atoms with Gasteiger partial charge in [-0.25, -0.2) is 4.79 Å². The highest BCUT2D eigenvalue weighted by molar-refractivity contribution is 7.20. The van der Waals surface area contributed by atoms with Gasteiger partial charge in [0.05, 0.1) is 14.9 Å².